The number of nitrogens with one attached hydrogen (secondary N) is 3. The maximum Gasteiger partial charge on any atom is 0.412 e. The van der Waals surface area contributed by atoms with Gasteiger partial charge in [-0.3, -0.25) is 15.4 Å². The zero-order valence-corrected chi connectivity index (χ0v) is 22.0. The molecule has 0 aliphatic rings. The van der Waals surface area contributed by atoms with Crippen LogP contribution in [0.2, 0.25) is 0 Å². The first-order valence-electron chi connectivity index (χ1n) is 11.6. The van der Waals surface area contributed by atoms with Crippen molar-refractivity contribution in [2.24, 2.45) is 4.99 Å². The van der Waals surface area contributed by atoms with Crippen LogP contribution < -0.4 is 10.6 Å². The van der Waals surface area contributed by atoms with Crippen LogP contribution >= 0.6 is 0 Å². The highest BCUT2D eigenvalue weighted by atomic mass is 16.6. The van der Waals surface area contributed by atoms with Crippen LogP contribution in [0.25, 0.3) is 0 Å². The van der Waals surface area contributed by atoms with Crippen molar-refractivity contribution in [1.29, 1.82) is 0 Å². The number of aliphatic imine (C=N–C) groups is 1. The van der Waals surface area contributed by atoms with Crippen molar-refractivity contribution >= 4 is 23.3 Å². The first kappa shape index (κ1) is 28.5. The van der Waals surface area contributed by atoms with Gasteiger partial charge in [-0.25, -0.2) is 4.79 Å². The molecule has 1 heterocycles. The van der Waals surface area contributed by atoms with E-state index >= 15 is 0 Å². The molecule has 0 aliphatic carbocycles. The number of allylic oxidation sites excluding steroid dienone is 1. The molecule has 184 valence electrons. The van der Waals surface area contributed by atoms with Gasteiger partial charge in [0.25, 0.3) is 0 Å². The van der Waals surface area contributed by atoms with Crippen molar-refractivity contribution in [2.45, 2.75) is 80.8 Å². The fourth-order valence-corrected chi connectivity index (χ4v) is 2.83. The van der Waals surface area contributed by atoms with Gasteiger partial charge in [0.15, 0.2) is 5.82 Å². The molecule has 0 aliphatic heterocycles. The van der Waals surface area contributed by atoms with Crippen molar-refractivity contribution in [1.82, 2.24) is 10.2 Å². The van der Waals surface area contributed by atoms with E-state index in [9.17, 15) is 4.79 Å². The van der Waals surface area contributed by atoms with E-state index in [0.717, 1.165) is 35.4 Å². The number of carbonyl (C=O) groups is 1. The molecule has 2 rings (SSSR count). The number of benzene rings is 1. The number of carbonyl (C=O) groups excluding carboxylic acids is 1. The summed E-state index contributed by atoms with van der Waals surface area (Å²) < 4.78 is 5.33. The van der Waals surface area contributed by atoms with E-state index in [1.165, 1.54) is 0 Å². The smallest absolute Gasteiger partial charge is 0.412 e. The molecular formula is C27H39N5O2. The third-order valence-corrected chi connectivity index (χ3v) is 4.26. The molecule has 1 aromatic carbocycles. The molecule has 7 heteroatoms. The minimum atomic E-state index is -0.538. The van der Waals surface area contributed by atoms with E-state index in [1.54, 1.807) is 13.1 Å². The van der Waals surface area contributed by atoms with Gasteiger partial charge in [-0.1, -0.05) is 25.8 Å². The zero-order valence-electron chi connectivity index (χ0n) is 22.0. The molecular weight excluding hydrogens is 426 g/mol. The second kappa shape index (κ2) is 13.9. The van der Waals surface area contributed by atoms with Crippen LogP contribution in [0.3, 0.4) is 0 Å². The summed E-state index contributed by atoms with van der Waals surface area (Å²) in [5.41, 5.74) is 5.11. The largest absolute Gasteiger partial charge is 0.444 e. The summed E-state index contributed by atoms with van der Waals surface area (Å²) in [6.07, 6.45) is 2.81. The summed E-state index contributed by atoms with van der Waals surface area (Å²) in [4.78, 5) is 16.3. The molecule has 1 amide bonds. The highest BCUT2D eigenvalue weighted by Gasteiger charge is 2.16. The Morgan fingerprint density at radius 1 is 1.18 bits per heavy atom. The van der Waals surface area contributed by atoms with Gasteiger partial charge in [-0.05, 0) is 90.5 Å². The van der Waals surface area contributed by atoms with Crippen LogP contribution in [0.5, 0.6) is 0 Å². The quantitative estimate of drug-likeness (QED) is 0.316. The first-order chi connectivity index (χ1) is 16.1. The van der Waals surface area contributed by atoms with Gasteiger partial charge in [0.2, 0.25) is 0 Å². The number of H-pyrrole nitrogens is 1. The molecule has 0 saturated heterocycles. The Bertz CT molecular complexity index is 1060. The van der Waals surface area contributed by atoms with E-state index in [1.807, 2.05) is 72.7 Å². The summed E-state index contributed by atoms with van der Waals surface area (Å²) >= 11 is 0. The van der Waals surface area contributed by atoms with E-state index in [-0.39, 0.29) is 0 Å². The predicted molar refractivity (Wildman–Crippen MR) is 142 cm³/mol. The molecule has 0 saturated carbocycles. The fraction of sp³-hybridized carbons (Fsp3) is 0.444. The van der Waals surface area contributed by atoms with Gasteiger partial charge in [0, 0.05) is 23.2 Å². The van der Waals surface area contributed by atoms with E-state index in [2.05, 4.69) is 44.6 Å². The standard InChI is InChI=1S/C25H33N5O2.C2H6/c1-8-9-22(16-26-17(2)3)27-23-15-21(29-30-23)13-11-19-14-20(12-10-18(19)4)28-24(31)32-25(5,6)7;1-2/h10,12,14-16H,11,13H2,1-7H3,(H,28,31)(H2,27,29,30);1-2H3/b22-16+;. The van der Waals surface area contributed by atoms with Crippen molar-refractivity contribution in [3.63, 3.8) is 0 Å². The molecule has 3 N–H and O–H groups in total. The molecule has 7 nitrogen and oxygen atoms in total. The average Bonchev–Trinajstić information content (AvgIpc) is 3.20. The summed E-state index contributed by atoms with van der Waals surface area (Å²) in [7, 11) is 0. The van der Waals surface area contributed by atoms with Crippen molar-refractivity contribution in [3.8, 4) is 11.8 Å². The fourth-order valence-electron chi connectivity index (χ4n) is 2.83. The van der Waals surface area contributed by atoms with Gasteiger partial charge in [-0.2, -0.15) is 5.10 Å². The summed E-state index contributed by atoms with van der Waals surface area (Å²) in [6, 6.07) is 7.83. The number of ether oxygens (including phenoxy) is 1. The number of nitrogens with zero attached hydrogens (tertiary/aromatic N) is 2. The molecule has 0 fully saturated rings. The number of aromatic nitrogens is 2. The van der Waals surface area contributed by atoms with Crippen LogP contribution in [0, 0.1) is 18.8 Å². The van der Waals surface area contributed by atoms with Crippen LogP contribution in [0.1, 0.15) is 72.2 Å². The van der Waals surface area contributed by atoms with Crippen molar-refractivity contribution in [2.75, 3.05) is 10.6 Å². The minimum Gasteiger partial charge on any atom is -0.444 e. The first-order valence-corrected chi connectivity index (χ1v) is 11.6. The Labute approximate surface area is 204 Å². The van der Waals surface area contributed by atoms with E-state index in [4.69, 9.17) is 4.74 Å². The second-order valence-corrected chi connectivity index (χ2v) is 8.67. The highest BCUT2D eigenvalue weighted by Crippen LogP contribution is 2.19. The maximum absolute atomic E-state index is 12.0. The predicted octanol–water partition coefficient (Wildman–Crippen LogP) is 6.63. The SMILES string of the molecule is CC.CC#C/C(=C\N=C(C)C)Nc1cc(CCc2cc(NC(=O)OC(C)(C)C)ccc2C)[nH]n1. The average molecular weight is 466 g/mol. The maximum atomic E-state index is 12.0. The Balaban J connectivity index is 0.00000281. The van der Waals surface area contributed by atoms with Crippen LogP contribution in [0.15, 0.2) is 41.2 Å². The number of hydrogen-bond donors (Lipinski definition) is 3. The van der Waals surface area contributed by atoms with Gasteiger partial charge in [0.05, 0.1) is 6.20 Å². The lowest BCUT2D eigenvalue weighted by Crippen LogP contribution is -2.27. The Morgan fingerprint density at radius 2 is 1.88 bits per heavy atom. The minimum absolute atomic E-state index is 0.460. The monoisotopic (exact) mass is 465 g/mol. The van der Waals surface area contributed by atoms with Crippen molar-refractivity contribution < 1.29 is 9.53 Å². The lowest BCUT2D eigenvalue weighted by molar-refractivity contribution is 0.0636. The van der Waals surface area contributed by atoms with Gasteiger partial charge in [-0.15, -0.1) is 0 Å². The molecule has 0 unspecified atom stereocenters. The number of hydrogen-bond acceptors (Lipinski definition) is 5. The summed E-state index contributed by atoms with van der Waals surface area (Å²) in [5, 5.41) is 13.4. The topological polar surface area (TPSA) is 91.4 Å². The Kier molecular flexibility index (Phi) is 11.6. The van der Waals surface area contributed by atoms with Crippen LogP contribution in [-0.4, -0.2) is 27.6 Å². The molecule has 0 radical (unpaired) electrons. The number of amides is 1. The van der Waals surface area contributed by atoms with E-state index in [0.29, 0.717) is 17.2 Å². The van der Waals surface area contributed by atoms with Gasteiger partial charge in [0.1, 0.15) is 11.3 Å². The Morgan fingerprint density at radius 3 is 2.50 bits per heavy atom. The molecule has 0 bridgehead atoms. The summed E-state index contributed by atoms with van der Waals surface area (Å²) in [6.45, 7) is 17.2. The number of aryl methyl sites for hydroxylation is 3. The number of anilines is 2. The molecule has 0 spiro atoms. The van der Waals surface area contributed by atoms with Crippen molar-refractivity contribution in [3.05, 3.63) is 53.0 Å². The summed E-state index contributed by atoms with van der Waals surface area (Å²) in [5.74, 6) is 6.56. The third-order valence-electron chi connectivity index (χ3n) is 4.26. The lowest BCUT2D eigenvalue weighted by Gasteiger charge is -2.20. The zero-order chi connectivity index (χ0) is 25.7. The van der Waals surface area contributed by atoms with Gasteiger partial charge >= 0.3 is 6.09 Å². The normalized spacial score (nSPS) is 10.8. The molecule has 1 aromatic heterocycles. The lowest BCUT2D eigenvalue weighted by atomic mass is 10.0. The van der Waals surface area contributed by atoms with Gasteiger partial charge < -0.3 is 10.1 Å². The Hall–Kier alpha value is -3.53. The van der Waals surface area contributed by atoms with Crippen LogP contribution in [-0.2, 0) is 17.6 Å². The van der Waals surface area contributed by atoms with E-state index < -0.39 is 11.7 Å². The second-order valence-electron chi connectivity index (χ2n) is 8.67. The van der Waals surface area contributed by atoms with Crippen LogP contribution in [0.4, 0.5) is 16.3 Å². The number of rotatable bonds is 7. The molecule has 2 aromatic rings. The number of aromatic amines is 1. The third kappa shape index (κ3) is 10.9. The molecule has 34 heavy (non-hydrogen) atoms. The molecule has 0 atom stereocenters. The highest BCUT2D eigenvalue weighted by molar-refractivity contribution is 5.85.